The molecule has 0 fully saturated rings. The molecular weight excluding hydrogens is 363 g/mol. The molecule has 5 aromatic rings. The lowest BCUT2D eigenvalue weighted by atomic mass is 9.51. The van der Waals surface area contributed by atoms with Crippen LogP contribution in [0.5, 0.6) is 0 Å². The van der Waals surface area contributed by atoms with E-state index in [1.54, 1.807) is 11.8 Å². The van der Waals surface area contributed by atoms with Gasteiger partial charge >= 0.3 is 6.85 Å². The van der Waals surface area contributed by atoms with Gasteiger partial charge in [-0.3, -0.25) is 14.1 Å². The summed E-state index contributed by atoms with van der Waals surface area (Å²) >= 11 is 1.80. The molecule has 1 aromatic heterocycles. The molecular formula is C23H13BN2OS. The zero-order valence-electron chi connectivity index (χ0n) is 14.8. The smallest absolute Gasteiger partial charge is 0.281 e. The maximum absolute atomic E-state index is 13.6. The molecule has 0 bridgehead atoms. The zero-order valence-corrected chi connectivity index (χ0v) is 15.6. The van der Waals surface area contributed by atoms with E-state index >= 15 is 0 Å². The molecule has 2 aliphatic heterocycles. The van der Waals surface area contributed by atoms with Crippen LogP contribution in [0.1, 0.15) is 0 Å². The van der Waals surface area contributed by atoms with E-state index in [0.29, 0.717) is 0 Å². The van der Waals surface area contributed by atoms with Crippen molar-refractivity contribution < 1.29 is 0 Å². The fourth-order valence-corrected chi connectivity index (χ4v) is 5.95. The summed E-state index contributed by atoms with van der Waals surface area (Å²) < 4.78 is 4.09. The van der Waals surface area contributed by atoms with E-state index < -0.39 is 0 Å². The van der Waals surface area contributed by atoms with Crippen molar-refractivity contribution in [3.05, 3.63) is 89.2 Å². The van der Waals surface area contributed by atoms with Gasteiger partial charge in [0.1, 0.15) is 0 Å². The number of aromatic nitrogens is 2. The predicted molar refractivity (Wildman–Crippen MR) is 116 cm³/mol. The highest BCUT2D eigenvalue weighted by Crippen LogP contribution is 2.35. The Morgan fingerprint density at radius 1 is 0.786 bits per heavy atom. The van der Waals surface area contributed by atoms with E-state index in [1.165, 1.54) is 20.7 Å². The zero-order chi connectivity index (χ0) is 18.4. The van der Waals surface area contributed by atoms with Crippen LogP contribution >= 0.6 is 11.8 Å². The third-order valence-electron chi connectivity index (χ3n) is 5.97. The van der Waals surface area contributed by atoms with Gasteiger partial charge in [-0.1, -0.05) is 60.3 Å². The monoisotopic (exact) mass is 376 g/mol. The Kier molecular flexibility index (Phi) is 2.65. The SMILES string of the molecule is O=c1c2cc3ccccc3cc2n2n1B1c3ccccc3Sc3cccc-2c31. The van der Waals surface area contributed by atoms with Gasteiger partial charge in [-0.2, -0.15) is 0 Å². The van der Waals surface area contributed by atoms with Gasteiger partial charge in [0.25, 0.3) is 5.56 Å². The molecule has 0 radical (unpaired) electrons. The molecule has 0 amide bonds. The summed E-state index contributed by atoms with van der Waals surface area (Å²) in [6.45, 7) is -0.0633. The van der Waals surface area contributed by atoms with Gasteiger partial charge in [-0.05, 0) is 52.0 Å². The molecule has 0 unspecified atom stereocenters. The Morgan fingerprint density at radius 2 is 1.54 bits per heavy atom. The van der Waals surface area contributed by atoms with Gasteiger partial charge in [0.2, 0.25) is 0 Å². The number of hydrogen-bond donors (Lipinski definition) is 0. The van der Waals surface area contributed by atoms with Gasteiger partial charge in [-0.25, -0.2) is 0 Å². The first-order valence-electron chi connectivity index (χ1n) is 9.37. The molecule has 130 valence electrons. The van der Waals surface area contributed by atoms with Crippen molar-refractivity contribution in [1.82, 2.24) is 9.27 Å². The van der Waals surface area contributed by atoms with E-state index in [9.17, 15) is 4.79 Å². The highest BCUT2D eigenvalue weighted by atomic mass is 32.2. The van der Waals surface area contributed by atoms with Crippen LogP contribution in [-0.4, -0.2) is 16.1 Å². The summed E-state index contributed by atoms with van der Waals surface area (Å²) in [5.74, 6) is 0. The fraction of sp³-hybridized carbons (Fsp3) is 0. The van der Waals surface area contributed by atoms with Gasteiger partial charge < -0.3 is 0 Å². The topological polar surface area (TPSA) is 26.9 Å². The Balaban J connectivity index is 1.69. The first-order chi connectivity index (χ1) is 13.8. The number of nitrogens with zero attached hydrogens (tertiary/aromatic N) is 2. The van der Waals surface area contributed by atoms with Crippen LogP contribution < -0.4 is 16.5 Å². The number of hydrogen-bond acceptors (Lipinski definition) is 2. The molecule has 0 aliphatic carbocycles. The molecule has 0 atom stereocenters. The Hall–Kier alpha value is -3.18. The summed E-state index contributed by atoms with van der Waals surface area (Å²) in [5.41, 5.74) is 4.63. The van der Waals surface area contributed by atoms with Gasteiger partial charge in [0, 0.05) is 9.79 Å². The van der Waals surface area contributed by atoms with Crippen LogP contribution in [0.4, 0.5) is 0 Å². The van der Waals surface area contributed by atoms with Crippen molar-refractivity contribution in [2.75, 3.05) is 0 Å². The van der Waals surface area contributed by atoms with Crippen LogP contribution in [0.2, 0.25) is 0 Å². The quantitative estimate of drug-likeness (QED) is 0.380. The summed E-state index contributed by atoms with van der Waals surface area (Å²) in [6.07, 6.45) is 0. The van der Waals surface area contributed by atoms with Crippen LogP contribution in [-0.2, 0) is 0 Å². The second-order valence-corrected chi connectivity index (χ2v) is 8.49. The Bertz CT molecular complexity index is 1530. The number of benzene rings is 4. The lowest BCUT2D eigenvalue weighted by Gasteiger charge is -2.21. The molecule has 3 heterocycles. The number of rotatable bonds is 0. The van der Waals surface area contributed by atoms with Gasteiger partial charge in [-0.15, -0.1) is 0 Å². The minimum absolute atomic E-state index is 0.0633. The lowest BCUT2D eigenvalue weighted by Crippen LogP contribution is -2.52. The van der Waals surface area contributed by atoms with Crippen LogP contribution in [0, 0.1) is 0 Å². The maximum atomic E-state index is 13.6. The van der Waals surface area contributed by atoms with E-state index in [1.807, 2.05) is 22.8 Å². The summed E-state index contributed by atoms with van der Waals surface area (Å²) in [5, 5.41) is 3.04. The highest BCUT2D eigenvalue weighted by Gasteiger charge is 2.42. The van der Waals surface area contributed by atoms with E-state index in [-0.39, 0.29) is 12.4 Å². The van der Waals surface area contributed by atoms with Crippen molar-refractivity contribution in [2.45, 2.75) is 9.79 Å². The standard InChI is InChI=1S/C23H13BN2OS/c27-23-16-12-14-6-1-2-7-15(14)13-19(16)25-18-9-5-11-21-22(18)24(26(23)25)17-8-3-4-10-20(17)28-21/h1-13H. The molecule has 5 heteroatoms. The van der Waals surface area contributed by atoms with Gasteiger partial charge in [0.15, 0.2) is 0 Å². The predicted octanol–water partition coefficient (Wildman–Crippen LogP) is 3.38. The molecule has 3 nitrogen and oxygen atoms in total. The summed E-state index contributed by atoms with van der Waals surface area (Å²) in [7, 11) is 0. The van der Waals surface area contributed by atoms with E-state index in [0.717, 1.165) is 27.4 Å². The third kappa shape index (κ3) is 1.66. The molecule has 7 rings (SSSR count). The first kappa shape index (κ1) is 14.8. The minimum Gasteiger partial charge on any atom is -0.281 e. The lowest BCUT2D eigenvalue weighted by molar-refractivity contribution is 0.829. The summed E-state index contributed by atoms with van der Waals surface area (Å²) in [6, 6.07) is 27.3. The van der Waals surface area contributed by atoms with E-state index in [2.05, 4.69) is 65.3 Å². The molecule has 0 spiro atoms. The second kappa shape index (κ2) is 5.00. The second-order valence-electron chi connectivity index (χ2n) is 7.41. The Morgan fingerprint density at radius 3 is 2.43 bits per heavy atom. The average Bonchev–Trinajstić information content (AvgIpc) is 3.22. The van der Waals surface area contributed by atoms with Crippen molar-refractivity contribution >= 4 is 51.2 Å². The first-order valence-corrected chi connectivity index (χ1v) is 10.2. The third-order valence-corrected chi connectivity index (χ3v) is 7.14. The molecule has 0 saturated heterocycles. The van der Waals surface area contributed by atoms with Crippen molar-refractivity contribution in [1.29, 1.82) is 0 Å². The maximum Gasteiger partial charge on any atom is 0.355 e. The summed E-state index contributed by atoms with van der Waals surface area (Å²) in [4.78, 5) is 16.1. The molecule has 2 aliphatic rings. The number of fused-ring (bicyclic) bond motifs is 8. The Labute approximate surface area is 165 Å². The molecule has 0 saturated carbocycles. The van der Waals surface area contributed by atoms with Crippen molar-refractivity contribution in [3.63, 3.8) is 0 Å². The van der Waals surface area contributed by atoms with Crippen LogP contribution in [0.15, 0.2) is 93.4 Å². The minimum atomic E-state index is -0.0633. The van der Waals surface area contributed by atoms with Crippen molar-refractivity contribution in [3.8, 4) is 5.69 Å². The van der Waals surface area contributed by atoms with Crippen LogP contribution in [0.3, 0.4) is 0 Å². The average molecular weight is 376 g/mol. The molecule has 4 aromatic carbocycles. The molecule has 0 N–H and O–H groups in total. The highest BCUT2D eigenvalue weighted by molar-refractivity contribution is 8.00. The van der Waals surface area contributed by atoms with E-state index in [4.69, 9.17) is 0 Å². The van der Waals surface area contributed by atoms with Crippen molar-refractivity contribution in [2.24, 2.45) is 0 Å². The fourth-order valence-electron chi connectivity index (χ4n) is 4.79. The normalized spacial score (nSPS) is 13.6. The molecule has 28 heavy (non-hydrogen) atoms. The largest absolute Gasteiger partial charge is 0.355 e. The van der Waals surface area contributed by atoms with Crippen LogP contribution in [0.25, 0.3) is 27.4 Å². The van der Waals surface area contributed by atoms with Gasteiger partial charge in [0.05, 0.1) is 16.6 Å².